The normalized spacial score (nSPS) is 21.7. The van der Waals surface area contributed by atoms with Crippen LogP contribution in [0.1, 0.15) is 18.9 Å². The van der Waals surface area contributed by atoms with Crippen LogP contribution < -0.4 is 5.32 Å². The Balaban J connectivity index is 2.05. The first kappa shape index (κ1) is 12.5. The van der Waals surface area contributed by atoms with Crippen LogP contribution in [0.25, 0.3) is 0 Å². The third kappa shape index (κ3) is 3.01. The summed E-state index contributed by atoms with van der Waals surface area (Å²) in [5.41, 5.74) is 0.837. The van der Waals surface area contributed by atoms with Crippen LogP contribution in [0.5, 0.6) is 0 Å². The van der Waals surface area contributed by atoms with Crippen LogP contribution in [-0.4, -0.2) is 30.6 Å². The summed E-state index contributed by atoms with van der Waals surface area (Å²) in [6, 6.07) is 4.64. The van der Waals surface area contributed by atoms with Crippen molar-refractivity contribution in [2.45, 2.75) is 25.9 Å². The van der Waals surface area contributed by atoms with Gasteiger partial charge in [0, 0.05) is 32.2 Å². The molecule has 94 valence electrons. The van der Waals surface area contributed by atoms with Crippen LogP contribution in [0.4, 0.5) is 8.78 Å². The SMILES string of the molecule is CCC1CNCCN1Cc1ccc(F)c(F)c1. The predicted molar refractivity (Wildman–Crippen MR) is 63.7 cm³/mol. The highest BCUT2D eigenvalue weighted by Crippen LogP contribution is 2.15. The summed E-state index contributed by atoms with van der Waals surface area (Å²) in [5, 5.41) is 3.35. The number of piperazine rings is 1. The van der Waals surface area contributed by atoms with Gasteiger partial charge < -0.3 is 5.32 Å². The van der Waals surface area contributed by atoms with Gasteiger partial charge in [-0.15, -0.1) is 0 Å². The van der Waals surface area contributed by atoms with E-state index in [1.54, 1.807) is 6.07 Å². The maximum atomic E-state index is 13.1. The van der Waals surface area contributed by atoms with E-state index in [1.807, 2.05) is 0 Å². The second-order valence-electron chi connectivity index (χ2n) is 4.49. The first-order valence-electron chi connectivity index (χ1n) is 6.09. The first-order valence-corrected chi connectivity index (χ1v) is 6.09. The largest absolute Gasteiger partial charge is 0.314 e. The van der Waals surface area contributed by atoms with Crippen molar-refractivity contribution in [3.8, 4) is 0 Å². The maximum Gasteiger partial charge on any atom is 0.159 e. The topological polar surface area (TPSA) is 15.3 Å². The molecule has 0 saturated carbocycles. The van der Waals surface area contributed by atoms with Crippen LogP contribution >= 0.6 is 0 Å². The lowest BCUT2D eigenvalue weighted by molar-refractivity contribution is 0.149. The third-order valence-electron chi connectivity index (χ3n) is 3.31. The van der Waals surface area contributed by atoms with Crippen LogP contribution in [-0.2, 0) is 6.54 Å². The molecule has 1 heterocycles. The molecule has 2 nitrogen and oxygen atoms in total. The second-order valence-corrected chi connectivity index (χ2v) is 4.49. The Kier molecular flexibility index (Phi) is 4.07. The average Bonchev–Trinajstić information content (AvgIpc) is 2.34. The molecule has 0 bridgehead atoms. The number of hydrogen-bond donors (Lipinski definition) is 1. The highest BCUT2D eigenvalue weighted by Gasteiger charge is 2.20. The van der Waals surface area contributed by atoms with Gasteiger partial charge in [0.1, 0.15) is 0 Å². The standard InChI is InChI=1S/C13H18F2N2/c1-2-11-8-16-5-6-17(11)9-10-3-4-12(14)13(15)7-10/h3-4,7,11,16H,2,5-6,8-9H2,1H3. The van der Waals surface area contributed by atoms with Gasteiger partial charge in [0.2, 0.25) is 0 Å². The van der Waals surface area contributed by atoms with Gasteiger partial charge in [0.15, 0.2) is 11.6 Å². The summed E-state index contributed by atoms with van der Waals surface area (Å²) >= 11 is 0. The van der Waals surface area contributed by atoms with E-state index in [0.717, 1.165) is 31.6 Å². The molecule has 1 aromatic rings. The van der Waals surface area contributed by atoms with E-state index in [4.69, 9.17) is 0 Å². The summed E-state index contributed by atoms with van der Waals surface area (Å²) < 4.78 is 25.9. The van der Waals surface area contributed by atoms with Gasteiger partial charge in [-0.3, -0.25) is 4.90 Å². The van der Waals surface area contributed by atoms with E-state index in [2.05, 4.69) is 17.1 Å². The van der Waals surface area contributed by atoms with E-state index in [0.29, 0.717) is 12.6 Å². The number of nitrogens with one attached hydrogen (secondary N) is 1. The van der Waals surface area contributed by atoms with Crippen LogP contribution in [0.15, 0.2) is 18.2 Å². The number of rotatable bonds is 3. The molecule has 1 aromatic carbocycles. The molecule has 0 amide bonds. The highest BCUT2D eigenvalue weighted by molar-refractivity contribution is 5.17. The predicted octanol–water partition coefficient (Wildman–Crippen LogP) is 2.15. The Labute approximate surface area is 101 Å². The molecule has 17 heavy (non-hydrogen) atoms. The van der Waals surface area contributed by atoms with Gasteiger partial charge in [-0.2, -0.15) is 0 Å². The Morgan fingerprint density at radius 2 is 2.18 bits per heavy atom. The highest BCUT2D eigenvalue weighted by atomic mass is 19.2. The minimum atomic E-state index is -0.777. The van der Waals surface area contributed by atoms with Crippen LogP contribution in [0.3, 0.4) is 0 Å². The van der Waals surface area contributed by atoms with E-state index in [1.165, 1.54) is 12.1 Å². The zero-order chi connectivity index (χ0) is 12.3. The van der Waals surface area contributed by atoms with Crippen molar-refractivity contribution in [3.63, 3.8) is 0 Å². The lowest BCUT2D eigenvalue weighted by Gasteiger charge is -2.35. The van der Waals surface area contributed by atoms with Gasteiger partial charge in [-0.1, -0.05) is 13.0 Å². The first-order chi connectivity index (χ1) is 8.20. The number of halogens is 2. The molecule has 1 fully saturated rings. The molecular weight excluding hydrogens is 222 g/mol. The van der Waals surface area contributed by atoms with Gasteiger partial charge in [-0.25, -0.2) is 8.78 Å². The molecule has 1 aliphatic heterocycles. The van der Waals surface area contributed by atoms with Gasteiger partial charge in [0.25, 0.3) is 0 Å². The molecule has 4 heteroatoms. The monoisotopic (exact) mass is 240 g/mol. The van der Waals surface area contributed by atoms with E-state index < -0.39 is 11.6 Å². The lowest BCUT2D eigenvalue weighted by Crippen LogP contribution is -2.50. The van der Waals surface area contributed by atoms with Crippen molar-refractivity contribution < 1.29 is 8.78 Å². The molecule has 1 saturated heterocycles. The van der Waals surface area contributed by atoms with Gasteiger partial charge >= 0.3 is 0 Å². The van der Waals surface area contributed by atoms with Gasteiger partial charge in [0.05, 0.1) is 0 Å². The molecule has 0 aromatic heterocycles. The van der Waals surface area contributed by atoms with Crippen molar-refractivity contribution in [1.82, 2.24) is 10.2 Å². The number of nitrogens with zero attached hydrogens (tertiary/aromatic N) is 1. The second kappa shape index (κ2) is 5.56. The summed E-state index contributed by atoms with van der Waals surface area (Å²) in [7, 11) is 0. The van der Waals surface area contributed by atoms with Crippen molar-refractivity contribution in [1.29, 1.82) is 0 Å². The Morgan fingerprint density at radius 3 is 2.88 bits per heavy atom. The summed E-state index contributed by atoms with van der Waals surface area (Å²) in [6.45, 7) is 5.73. The smallest absolute Gasteiger partial charge is 0.159 e. The Hall–Kier alpha value is -1.00. The third-order valence-corrected chi connectivity index (χ3v) is 3.31. The Bertz CT molecular complexity index is 382. The maximum absolute atomic E-state index is 13.1. The molecular formula is C13H18F2N2. The zero-order valence-electron chi connectivity index (χ0n) is 10.0. The van der Waals surface area contributed by atoms with Gasteiger partial charge in [-0.05, 0) is 24.1 Å². The van der Waals surface area contributed by atoms with Crippen molar-refractivity contribution >= 4 is 0 Å². The summed E-state index contributed by atoms with van der Waals surface area (Å²) in [6.07, 6.45) is 1.07. The molecule has 1 unspecified atom stereocenters. The van der Waals surface area contributed by atoms with E-state index in [9.17, 15) is 8.78 Å². The minimum Gasteiger partial charge on any atom is -0.314 e. The fraction of sp³-hybridized carbons (Fsp3) is 0.538. The molecule has 2 rings (SSSR count). The van der Waals surface area contributed by atoms with Crippen molar-refractivity contribution in [2.24, 2.45) is 0 Å². The minimum absolute atomic E-state index is 0.483. The zero-order valence-corrected chi connectivity index (χ0v) is 10.0. The van der Waals surface area contributed by atoms with E-state index in [-0.39, 0.29) is 0 Å². The fourth-order valence-electron chi connectivity index (χ4n) is 2.29. The fourth-order valence-corrected chi connectivity index (χ4v) is 2.29. The van der Waals surface area contributed by atoms with Crippen LogP contribution in [0.2, 0.25) is 0 Å². The van der Waals surface area contributed by atoms with Crippen molar-refractivity contribution in [2.75, 3.05) is 19.6 Å². The van der Waals surface area contributed by atoms with Crippen LogP contribution in [0, 0.1) is 11.6 Å². The molecule has 0 spiro atoms. The summed E-state index contributed by atoms with van der Waals surface area (Å²) in [4.78, 5) is 2.32. The quantitative estimate of drug-likeness (QED) is 0.871. The van der Waals surface area contributed by atoms with E-state index >= 15 is 0 Å². The molecule has 1 atom stereocenters. The molecule has 0 radical (unpaired) electrons. The number of benzene rings is 1. The number of hydrogen-bond acceptors (Lipinski definition) is 2. The lowest BCUT2D eigenvalue weighted by atomic mass is 10.1. The summed E-state index contributed by atoms with van der Waals surface area (Å²) in [5.74, 6) is -1.54. The van der Waals surface area contributed by atoms with Crippen molar-refractivity contribution in [3.05, 3.63) is 35.4 Å². The molecule has 1 N–H and O–H groups in total. The Morgan fingerprint density at radius 1 is 1.35 bits per heavy atom. The molecule has 0 aliphatic carbocycles. The average molecular weight is 240 g/mol. The molecule has 1 aliphatic rings.